The van der Waals surface area contributed by atoms with E-state index in [9.17, 15) is 9.90 Å². The highest BCUT2D eigenvalue weighted by Gasteiger charge is 2.09. The number of aliphatic imine (C=N–C) groups is 1. The molecule has 0 fully saturated rings. The topological polar surface area (TPSA) is 74.7 Å². The molecular formula is C18H16N2O3. The van der Waals surface area contributed by atoms with Crippen molar-refractivity contribution in [2.75, 3.05) is 7.11 Å². The number of hydrogen-bond donors (Lipinski definition) is 2. The molecule has 3 aromatic rings. The van der Waals surface area contributed by atoms with Gasteiger partial charge < -0.3 is 14.8 Å². The minimum absolute atomic E-state index is 0.0838. The predicted molar refractivity (Wildman–Crippen MR) is 89.7 cm³/mol. The maximum Gasteiger partial charge on any atom is 0.337 e. The lowest BCUT2D eigenvalue weighted by molar-refractivity contribution is 0.0601. The summed E-state index contributed by atoms with van der Waals surface area (Å²) in [5.41, 5.74) is 3.75. The molecule has 0 unspecified atom stereocenters. The van der Waals surface area contributed by atoms with Crippen LogP contribution in [0.5, 0.6) is 5.88 Å². The van der Waals surface area contributed by atoms with Crippen LogP contribution in [-0.4, -0.2) is 29.4 Å². The zero-order chi connectivity index (χ0) is 16.4. The SMILES string of the molecule is COC(=O)c1ccc(N=Cc2c(O)[nH]c3ccc(C)cc23)cc1. The minimum atomic E-state index is -0.384. The van der Waals surface area contributed by atoms with Crippen LogP contribution in [0.25, 0.3) is 10.9 Å². The molecule has 0 saturated heterocycles. The fourth-order valence-electron chi connectivity index (χ4n) is 2.38. The van der Waals surface area contributed by atoms with Crippen molar-refractivity contribution in [3.05, 3.63) is 59.2 Å². The lowest BCUT2D eigenvalue weighted by Crippen LogP contribution is -1.99. The number of esters is 1. The predicted octanol–water partition coefficient (Wildman–Crippen LogP) is 3.72. The van der Waals surface area contributed by atoms with Crippen molar-refractivity contribution in [1.82, 2.24) is 4.98 Å². The Hall–Kier alpha value is -3.08. The smallest absolute Gasteiger partial charge is 0.337 e. The highest BCUT2D eigenvalue weighted by molar-refractivity contribution is 6.02. The second kappa shape index (κ2) is 5.96. The normalized spacial score (nSPS) is 11.2. The lowest BCUT2D eigenvalue weighted by atomic mass is 10.1. The van der Waals surface area contributed by atoms with Crippen molar-refractivity contribution >= 4 is 28.8 Å². The molecule has 0 spiro atoms. The van der Waals surface area contributed by atoms with Crippen molar-refractivity contribution in [2.24, 2.45) is 4.99 Å². The van der Waals surface area contributed by atoms with Crippen LogP contribution < -0.4 is 0 Å². The van der Waals surface area contributed by atoms with Gasteiger partial charge in [-0.25, -0.2) is 4.79 Å². The summed E-state index contributed by atoms with van der Waals surface area (Å²) < 4.78 is 4.66. The standard InChI is InChI=1S/C18H16N2O3/c1-11-3-8-16-14(9-11)15(17(21)20-16)10-19-13-6-4-12(5-7-13)18(22)23-2/h3-10,20-21H,1-2H3. The second-order valence-electron chi connectivity index (χ2n) is 5.23. The first kappa shape index (κ1) is 14.8. The molecule has 0 atom stereocenters. The number of ether oxygens (including phenoxy) is 1. The summed E-state index contributed by atoms with van der Waals surface area (Å²) in [6.45, 7) is 2.00. The number of benzene rings is 2. The summed E-state index contributed by atoms with van der Waals surface area (Å²) in [6.07, 6.45) is 1.61. The fourth-order valence-corrected chi connectivity index (χ4v) is 2.38. The quantitative estimate of drug-likeness (QED) is 0.572. The van der Waals surface area contributed by atoms with Gasteiger partial charge in [0.15, 0.2) is 5.88 Å². The number of aromatic hydroxyl groups is 1. The van der Waals surface area contributed by atoms with Gasteiger partial charge in [0, 0.05) is 17.1 Å². The first-order chi connectivity index (χ1) is 11.1. The van der Waals surface area contributed by atoms with Gasteiger partial charge in [0.2, 0.25) is 0 Å². The number of hydrogen-bond acceptors (Lipinski definition) is 4. The Labute approximate surface area is 133 Å². The zero-order valence-corrected chi connectivity index (χ0v) is 12.8. The number of fused-ring (bicyclic) bond motifs is 1. The molecule has 0 aliphatic carbocycles. The number of carbonyl (C=O) groups excluding carboxylic acids is 1. The molecule has 2 N–H and O–H groups in total. The molecular weight excluding hydrogens is 292 g/mol. The van der Waals surface area contributed by atoms with Gasteiger partial charge in [-0.3, -0.25) is 4.99 Å². The summed E-state index contributed by atoms with van der Waals surface area (Å²) in [5.74, 6) is -0.300. The van der Waals surface area contributed by atoms with E-state index in [2.05, 4.69) is 14.7 Å². The number of nitrogens with zero attached hydrogens (tertiary/aromatic N) is 1. The summed E-state index contributed by atoms with van der Waals surface area (Å²) in [6, 6.07) is 12.6. The molecule has 5 nitrogen and oxygen atoms in total. The van der Waals surface area contributed by atoms with Gasteiger partial charge in [0.05, 0.1) is 23.9 Å². The Morgan fingerprint density at radius 3 is 2.65 bits per heavy atom. The Bertz CT molecular complexity index is 893. The number of methoxy groups -OCH3 is 1. The summed E-state index contributed by atoms with van der Waals surface area (Å²) in [5, 5.41) is 11.0. The van der Waals surface area contributed by atoms with E-state index in [1.807, 2.05) is 25.1 Å². The summed E-state index contributed by atoms with van der Waals surface area (Å²) >= 11 is 0. The molecule has 5 heteroatoms. The highest BCUT2D eigenvalue weighted by Crippen LogP contribution is 2.27. The van der Waals surface area contributed by atoms with Crippen LogP contribution in [0.15, 0.2) is 47.5 Å². The molecule has 3 rings (SSSR count). The Morgan fingerprint density at radius 2 is 1.96 bits per heavy atom. The first-order valence-electron chi connectivity index (χ1n) is 7.12. The van der Waals surface area contributed by atoms with E-state index in [1.165, 1.54) is 7.11 Å². The van der Waals surface area contributed by atoms with Crippen molar-refractivity contribution in [3.8, 4) is 5.88 Å². The van der Waals surface area contributed by atoms with Crippen molar-refractivity contribution in [2.45, 2.75) is 6.92 Å². The van der Waals surface area contributed by atoms with Crippen molar-refractivity contribution in [3.63, 3.8) is 0 Å². The minimum Gasteiger partial charge on any atom is -0.494 e. The van der Waals surface area contributed by atoms with Crippen LogP contribution >= 0.6 is 0 Å². The number of H-pyrrole nitrogens is 1. The average Bonchev–Trinajstić information content (AvgIpc) is 2.87. The van der Waals surface area contributed by atoms with Gasteiger partial charge in [0.1, 0.15) is 0 Å². The van der Waals surface area contributed by atoms with Gasteiger partial charge in [-0.15, -0.1) is 0 Å². The number of rotatable bonds is 3. The molecule has 0 aliphatic rings. The maximum absolute atomic E-state index is 11.4. The molecule has 1 heterocycles. The van der Waals surface area contributed by atoms with E-state index < -0.39 is 0 Å². The molecule has 1 aromatic heterocycles. The summed E-state index contributed by atoms with van der Waals surface area (Å²) in [7, 11) is 1.34. The molecule has 116 valence electrons. The molecule has 23 heavy (non-hydrogen) atoms. The number of aryl methyl sites for hydroxylation is 1. The molecule has 0 aliphatic heterocycles. The Kier molecular flexibility index (Phi) is 3.85. The molecule has 0 amide bonds. The van der Waals surface area contributed by atoms with Crippen LogP contribution in [0.1, 0.15) is 21.5 Å². The van der Waals surface area contributed by atoms with Crippen LogP contribution in [0.3, 0.4) is 0 Å². The van der Waals surface area contributed by atoms with Crippen molar-refractivity contribution < 1.29 is 14.6 Å². The van der Waals surface area contributed by atoms with Gasteiger partial charge in [-0.1, -0.05) is 11.6 Å². The Morgan fingerprint density at radius 1 is 1.22 bits per heavy atom. The third kappa shape index (κ3) is 2.94. The van der Waals surface area contributed by atoms with Crippen LogP contribution in [0, 0.1) is 6.92 Å². The summed E-state index contributed by atoms with van der Waals surface area (Å²) in [4.78, 5) is 18.7. The van der Waals surface area contributed by atoms with Gasteiger partial charge in [-0.05, 0) is 43.3 Å². The van der Waals surface area contributed by atoms with E-state index in [0.29, 0.717) is 16.8 Å². The average molecular weight is 308 g/mol. The molecule has 2 aromatic carbocycles. The van der Waals surface area contributed by atoms with Gasteiger partial charge in [0.25, 0.3) is 0 Å². The lowest BCUT2D eigenvalue weighted by Gasteiger charge is -1.99. The fraction of sp³-hybridized carbons (Fsp3) is 0.111. The Balaban J connectivity index is 1.92. The molecule has 0 bridgehead atoms. The van der Waals surface area contributed by atoms with Crippen LogP contribution in [0.4, 0.5) is 5.69 Å². The third-order valence-electron chi connectivity index (χ3n) is 3.60. The maximum atomic E-state index is 11.4. The number of aromatic nitrogens is 1. The van der Waals surface area contributed by atoms with E-state index in [0.717, 1.165) is 16.5 Å². The van der Waals surface area contributed by atoms with Crippen LogP contribution in [0.2, 0.25) is 0 Å². The molecule has 0 saturated carbocycles. The number of carbonyl (C=O) groups is 1. The first-order valence-corrected chi connectivity index (χ1v) is 7.12. The van der Waals surface area contributed by atoms with Gasteiger partial charge in [-0.2, -0.15) is 0 Å². The third-order valence-corrected chi connectivity index (χ3v) is 3.60. The van der Waals surface area contributed by atoms with Crippen molar-refractivity contribution in [1.29, 1.82) is 0 Å². The molecule has 0 radical (unpaired) electrons. The highest BCUT2D eigenvalue weighted by atomic mass is 16.5. The zero-order valence-electron chi connectivity index (χ0n) is 12.8. The van der Waals surface area contributed by atoms with Crippen LogP contribution in [-0.2, 0) is 4.74 Å². The number of aromatic amines is 1. The van der Waals surface area contributed by atoms with Gasteiger partial charge >= 0.3 is 5.97 Å². The number of nitrogens with one attached hydrogen (secondary N) is 1. The van der Waals surface area contributed by atoms with E-state index in [4.69, 9.17) is 0 Å². The van der Waals surface area contributed by atoms with E-state index in [-0.39, 0.29) is 11.8 Å². The monoisotopic (exact) mass is 308 g/mol. The second-order valence-corrected chi connectivity index (χ2v) is 5.23. The largest absolute Gasteiger partial charge is 0.494 e. The van der Waals surface area contributed by atoms with E-state index in [1.54, 1.807) is 30.5 Å². The van der Waals surface area contributed by atoms with E-state index >= 15 is 0 Å².